The van der Waals surface area contributed by atoms with Crippen molar-refractivity contribution in [2.75, 3.05) is 33.4 Å². The molecule has 1 aromatic carbocycles. The summed E-state index contributed by atoms with van der Waals surface area (Å²) in [5, 5.41) is 3.43. The summed E-state index contributed by atoms with van der Waals surface area (Å²) in [5.41, 5.74) is 3.00. The molecule has 4 nitrogen and oxygen atoms in total. The predicted molar refractivity (Wildman–Crippen MR) is 117 cm³/mol. The number of guanidine groups is 1. The first-order chi connectivity index (χ1) is 11.6. The van der Waals surface area contributed by atoms with Crippen LogP contribution >= 0.6 is 24.0 Å². The van der Waals surface area contributed by atoms with Crippen LogP contribution in [0.3, 0.4) is 0 Å². The average molecular weight is 459 g/mol. The number of hydrogen-bond donors (Lipinski definition) is 1. The standard InChI is InChI=1S/C20H33N3O.HI/c1-5-21-19(22-16-20(11-12-20)13-14-24-6-2)23(4)15-18-9-7-17(3)8-10-18;/h7-10H,5-6,11-16H2,1-4H3,(H,21,22);1H. The first-order valence-electron chi connectivity index (χ1n) is 9.21. The van der Waals surface area contributed by atoms with Crippen LogP contribution in [-0.4, -0.2) is 44.2 Å². The van der Waals surface area contributed by atoms with E-state index in [0.717, 1.165) is 45.2 Å². The highest BCUT2D eigenvalue weighted by molar-refractivity contribution is 14.0. The second-order valence-electron chi connectivity index (χ2n) is 6.96. The number of ether oxygens (including phenoxy) is 1. The van der Waals surface area contributed by atoms with E-state index in [0.29, 0.717) is 5.41 Å². The molecule has 0 aliphatic heterocycles. The van der Waals surface area contributed by atoms with Crippen LogP contribution in [0.1, 0.15) is 44.2 Å². The number of nitrogens with zero attached hydrogens (tertiary/aromatic N) is 2. The van der Waals surface area contributed by atoms with Crippen LogP contribution in [0.5, 0.6) is 0 Å². The molecule has 0 unspecified atom stereocenters. The maximum absolute atomic E-state index is 5.53. The molecule has 142 valence electrons. The molecule has 1 saturated carbocycles. The van der Waals surface area contributed by atoms with Gasteiger partial charge in [0.2, 0.25) is 0 Å². The fourth-order valence-corrected chi connectivity index (χ4v) is 2.85. The lowest BCUT2D eigenvalue weighted by Gasteiger charge is -2.23. The van der Waals surface area contributed by atoms with E-state index in [9.17, 15) is 0 Å². The maximum Gasteiger partial charge on any atom is 0.193 e. The second-order valence-corrected chi connectivity index (χ2v) is 6.96. The Balaban J connectivity index is 0.00000312. The summed E-state index contributed by atoms with van der Waals surface area (Å²) in [4.78, 5) is 7.13. The van der Waals surface area contributed by atoms with Gasteiger partial charge in [0.15, 0.2) is 5.96 Å². The summed E-state index contributed by atoms with van der Waals surface area (Å²) in [6.07, 6.45) is 3.70. The van der Waals surface area contributed by atoms with Gasteiger partial charge in [-0.2, -0.15) is 0 Å². The molecule has 0 saturated heterocycles. The SMILES string of the molecule is CCNC(=NCC1(CCOCC)CC1)N(C)Cc1ccc(C)cc1.I. The zero-order valence-corrected chi connectivity index (χ0v) is 18.5. The van der Waals surface area contributed by atoms with Gasteiger partial charge in [-0.15, -0.1) is 24.0 Å². The molecule has 1 N–H and O–H groups in total. The Morgan fingerprint density at radius 1 is 1.24 bits per heavy atom. The number of nitrogens with one attached hydrogen (secondary N) is 1. The molecule has 0 spiro atoms. The molecule has 2 rings (SSSR count). The van der Waals surface area contributed by atoms with Gasteiger partial charge >= 0.3 is 0 Å². The Hall–Kier alpha value is -0.820. The lowest BCUT2D eigenvalue weighted by atomic mass is 10.0. The van der Waals surface area contributed by atoms with Gasteiger partial charge in [0.25, 0.3) is 0 Å². The molecule has 0 atom stereocenters. The Bertz CT molecular complexity index is 526. The summed E-state index contributed by atoms with van der Waals surface area (Å²) in [7, 11) is 2.11. The van der Waals surface area contributed by atoms with Crippen LogP contribution in [0.25, 0.3) is 0 Å². The summed E-state index contributed by atoms with van der Waals surface area (Å²) in [6, 6.07) is 8.72. The van der Waals surface area contributed by atoms with Crippen molar-refractivity contribution in [3.8, 4) is 0 Å². The Kier molecular flexibility index (Phi) is 9.79. The first-order valence-corrected chi connectivity index (χ1v) is 9.21. The number of aryl methyl sites for hydroxylation is 1. The van der Waals surface area contributed by atoms with Crippen molar-refractivity contribution >= 4 is 29.9 Å². The van der Waals surface area contributed by atoms with E-state index in [-0.39, 0.29) is 24.0 Å². The van der Waals surface area contributed by atoms with Crippen LogP contribution in [-0.2, 0) is 11.3 Å². The summed E-state index contributed by atoms with van der Waals surface area (Å²) in [6.45, 7) is 10.6. The van der Waals surface area contributed by atoms with Crippen molar-refractivity contribution in [3.63, 3.8) is 0 Å². The van der Waals surface area contributed by atoms with Crippen LogP contribution in [0.2, 0.25) is 0 Å². The first kappa shape index (κ1) is 22.2. The van der Waals surface area contributed by atoms with Gasteiger partial charge in [-0.1, -0.05) is 29.8 Å². The van der Waals surface area contributed by atoms with Crippen molar-refractivity contribution in [2.24, 2.45) is 10.4 Å². The van der Waals surface area contributed by atoms with Crippen LogP contribution in [0, 0.1) is 12.3 Å². The van der Waals surface area contributed by atoms with E-state index in [1.165, 1.54) is 24.0 Å². The van der Waals surface area contributed by atoms with Crippen LogP contribution < -0.4 is 5.32 Å². The molecule has 25 heavy (non-hydrogen) atoms. The fourth-order valence-electron chi connectivity index (χ4n) is 2.85. The zero-order valence-electron chi connectivity index (χ0n) is 16.2. The quantitative estimate of drug-likeness (QED) is 0.260. The van der Waals surface area contributed by atoms with Gasteiger partial charge in [0.1, 0.15) is 0 Å². The lowest BCUT2D eigenvalue weighted by molar-refractivity contribution is 0.129. The zero-order chi connectivity index (χ0) is 17.4. The van der Waals surface area contributed by atoms with E-state index >= 15 is 0 Å². The van der Waals surface area contributed by atoms with Crippen LogP contribution in [0.15, 0.2) is 29.3 Å². The molecule has 0 radical (unpaired) electrons. The van der Waals surface area contributed by atoms with Crippen molar-refractivity contribution in [1.29, 1.82) is 0 Å². The molecule has 1 aliphatic carbocycles. The summed E-state index contributed by atoms with van der Waals surface area (Å²) >= 11 is 0. The normalized spacial score (nSPS) is 15.4. The van der Waals surface area contributed by atoms with Gasteiger partial charge in [0, 0.05) is 39.9 Å². The minimum absolute atomic E-state index is 0. The topological polar surface area (TPSA) is 36.9 Å². The predicted octanol–water partition coefficient (Wildman–Crippen LogP) is 4.22. The van der Waals surface area contributed by atoms with Gasteiger partial charge in [-0.25, -0.2) is 0 Å². The fraction of sp³-hybridized carbons (Fsp3) is 0.650. The summed E-state index contributed by atoms with van der Waals surface area (Å²) < 4.78 is 5.53. The van der Waals surface area contributed by atoms with Gasteiger partial charge < -0.3 is 15.0 Å². The van der Waals surface area contributed by atoms with Gasteiger partial charge in [-0.05, 0) is 51.0 Å². The van der Waals surface area contributed by atoms with Crippen LogP contribution in [0.4, 0.5) is 0 Å². The van der Waals surface area contributed by atoms with Gasteiger partial charge in [0.05, 0.1) is 0 Å². The monoisotopic (exact) mass is 459 g/mol. The van der Waals surface area contributed by atoms with Crippen molar-refractivity contribution < 1.29 is 4.74 Å². The Morgan fingerprint density at radius 2 is 1.92 bits per heavy atom. The lowest BCUT2D eigenvalue weighted by Crippen LogP contribution is -2.39. The molecule has 0 bridgehead atoms. The molecule has 1 fully saturated rings. The number of aliphatic imine (C=N–C) groups is 1. The molecule has 1 aromatic rings. The molecular weight excluding hydrogens is 425 g/mol. The minimum atomic E-state index is 0. The molecule has 5 heteroatoms. The number of halogens is 1. The summed E-state index contributed by atoms with van der Waals surface area (Å²) in [5.74, 6) is 1.00. The van der Waals surface area contributed by atoms with E-state index in [2.05, 4.69) is 62.3 Å². The van der Waals surface area contributed by atoms with Crippen molar-refractivity contribution in [1.82, 2.24) is 10.2 Å². The van der Waals surface area contributed by atoms with Crippen molar-refractivity contribution in [3.05, 3.63) is 35.4 Å². The highest BCUT2D eigenvalue weighted by atomic mass is 127. The number of benzene rings is 1. The van der Waals surface area contributed by atoms with Gasteiger partial charge in [-0.3, -0.25) is 4.99 Å². The number of rotatable bonds is 9. The third-order valence-corrected chi connectivity index (χ3v) is 4.74. The van der Waals surface area contributed by atoms with Crippen molar-refractivity contribution in [2.45, 2.75) is 46.6 Å². The number of hydrogen-bond acceptors (Lipinski definition) is 2. The minimum Gasteiger partial charge on any atom is -0.382 e. The third kappa shape index (κ3) is 7.52. The molecule has 0 aromatic heterocycles. The second kappa shape index (κ2) is 11.0. The Labute approximate surface area is 170 Å². The molecule has 0 heterocycles. The van der Waals surface area contributed by atoms with E-state index in [1.54, 1.807) is 0 Å². The highest BCUT2D eigenvalue weighted by Crippen LogP contribution is 2.49. The smallest absolute Gasteiger partial charge is 0.193 e. The molecule has 1 aliphatic rings. The van der Waals surface area contributed by atoms with E-state index in [1.807, 2.05) is 0 Å². The maximum atomic E-state index is 5.53. The third-order valence-electron chi connectivity index (χ3n) is 4.74. The highest BCUT2D eigenvalue weighted by Gasteiger charge is 2.42. The Morgan fingerprint density at radius 3 is 2.48 bits per heavy atom. The average Bonchev–Trinajstić information content (AvgIpc) is 3.34. The van der Waals surface area contributed by atoms with E-state index in [4.69, 9.17) is 9.73 Å². The largest absolute Gasteiger partial charge is 0.382 e. The van der Waals surface area contributed by atoms with E-state index < -0.39 is 0 Å². The molecule has 0 amide bonds. The molecular formula is C20H34IN3O.